The zero-order valence-electron chi connectivity index (χ0n) is 36.8. The summed E-state index contributed by atoms with van der Waals surface area (Å²) >= 11 is 0. The lowest BCUT2D eigenvalue weighted by Crippen LogP contribution is -2.71. The fraction of sp³-hybridized carbons (Fsp3) is 0.974. The molecule has 5 fully saturated rings. The van der Waals surface area contributed by atoms with Crippen LogP contribution in [0.15, 0.2) is 0 Å². The number of rotatable bonds is 19. The van der Waals surface area contributed by atoms with Crippen LogP contribution in [0.5, 0.6) is 0 Å². The van der Waals surface area contributed by atoms with Crippen LogP contribution in [-0.4, -0.2) is 309 Å². The van der Waals surface area contributed by atoms with Crippen molar-refractivity contribution in [2.45, 2.75) is 199 Å². The van der Waals surface area contributed by atoms with E-state index < -0.39 is 217 Å². The highest BCUT2D eigenvalue weighted by Gasteiger charge is 2.58. The second kappa shape index (κ2) is 24.9. The van der Waals surface area contributed by atoms with E-state index in [1.54, 1.807) is 0 Å². The monoisotopic (exact) mass is 1000 g/mol. The molecule has 0 spiro atoms. The molecule has 30 nitrogen and oxygen atoms in total. The quantitative estimate of drug-likeness (QED) is 0.0571. The first-order chi connectivity index (χ1) is 32.0. The molecule has 398 valence electrons. The Hall–Kier alpha value is -1.65. The van der Waals surface area contributed by atoms with E-state index in [9.17, 15) is 96.7 Å². The lowest BCUT2D eigenvalue weighted by atomic mass is 9.93. The van der Waals surface area contributed by atoms with Crippen LogP contribution in [0.2, 0.25) is 0 Å². The third-order valence-corrected chi connectivity index (χ3v) is 12.4. The summed E-state index contributed by atoms with van der Waals surface area (Å²) in [6.07, 6.45) is -53.2. The van der Waals surface area contributed by atoms with Crippen LogP contribution in [0.1, 0.15) is 20.8 Å². The van der Waals surface area contributed by atoms with Gasteiger partial charge in [-0.1, -0.05) is 0 Å². The molecule has 19 N–H and O–H groups in total. The number of amides is 1. The van der Waals surface area contributed by atoms with E-state index in [0.717, 1.165) is 6.92 Å². The molecule has 0 saturated carbocycles. The summed E-state index contributed by atoms with van der Waals surface area (Å²) in [5, 5.41) is 193. The zero-order valence-corrected chi connectivity index (χ0v) is 36.8. The zero-order chi connectivity index (χ0) is 50.6. The van der Waals surface area contributed by atoms with Gasteiger partial charge in [0.25, 0.3) is 0 Å². The summed E-state index contributed by atoms with van der Waals surface area (Å²) in [6, 6.07) is -1.84. The Morgan fingerprint density at radius 3 is 1.32 bits per heavy atom. The topological polar surface area (TPSA) is 486 Å². The predicted molar refractivity (Wildman–Crippen MR) is 210 cm³/mol. The summed E-state index contributed by atoms with van der Waals surface area (Å²) in [5.41, 5.74) is 0. The van der Waals surface area contributed by atoms with Crippen molar-refractivity contribution in [2.24, 2.45) is 0 Å². The van der Waals surface area contributed by atoms with Crippen LogP contribution >= 0.6 is 0 Å². The Balaban J connectivity index is 1.51. The molecule has 30 heteroatoms. The molecule has 68 heavy (non-hydrogen) atoms. The van der Waals surface area contributed by atoms with Crippen LogP contribution in [0.25, 0.3) is 0 Å². The maximum absolute atomic E-state index is 12.9. The number of nitrogens with one attached hydrogen (secondary N) is 1. The third kappa shape index (κ3) is 12.4. The SMILES string of the molecule is CC(=O)N[C@H]1[C@H](O[C@H]2[C@@H](O)[C@@H](CO)O[C@@H](O[C@@H]([C@H](O[C@@H]3O[C@@H](C)[C@@H](O)[C@@H](O)[C@@H]3O)[C@@H](O)CO)[C@H](O)CO)[C@@H]2O)O[C@H](CO)[C@@H](O[C@@H]2O[C@@H](C)[C@@H](O)[C@@H](O)[C@@H]2O)[C@@H]1O[C@@H]1O[C@H](CO)[C@H](O)[C@H](O)[C@H]1O. The third-order valence-electron chi connectivity index (χ3n) is 12.4. The highest BCUT2D eigenvalue weighted by molar-refractivity contribution is 5.73. The molecule has 5 rings (SSSR count). The maximum Gasteiger partial charge on any atom is 0.217 e. The minimum atomic E-state index is -2.31. The number of aliphatic hydroxyl groups is 18. The highest BCUT2D eigenvalue weighted by atomic mass is 16.8. The largest absolute Gasteiger partial charge is 0.394 e. The number of carbonyl (C=O) groups excluding carboxylic acids is 1. The van der Waals surface area contributed by atoms with Gasteiger partial charge in [-0.15, -0.1) is 0 Å². The van der Waals surface area contributed by atoms with Gasteiger partial charge in [0, 0.05) is 6.92 Å². The van der Waals surface area contributed by atoms with E-state index in [4.69, 9.17) is 47.4 Å². The van der Waals surface area contributed by atoms with Crippen LogP contribution in [0.3, 0.4) is 0 Å². The van der Waals surface area contributed by atoms with Crippen LogP contribution < -0.4 is 5.32 Å². The van der Waals surface area contributed by atoms with Gasteiger partial charge in [-0.3, -0.25) is 4.79 Å². The van der Waals surface area contributed by atoms with Crippen molar-refractivity contribution in [1.29, 1.82) is 0 Å². The summed E-state index contributed by atoms with van der Waals surface area (Å²) < 4.78 is 57.8. The fourth-order valence-electron chi connectivity index (χ4n) is 8.39. The van der Waals surface area contributed by atoms with Gasteiger partial charge in [0.1, 0.15) is 134 Å². The van der Waals surface area contributed by atoms with Gasteiger partial charge >= 0.3 is 0 Å². The maximum atomic E-state index is 12.9. The van der Waals surface area contributed by atoms with Gasteiger partial charge in [-0.2, -0.15) is 0 Å². The van der Waals surface area contributed by atoms with Gasteiger partial charge in [0.05, 0.1) is 45.2 Å². The minimum absolute atomic E-state index is 0.891. The average molecular weight is 1000 g/mol. The van der Waals surface area contributed by atoms with E-state index in [1.165, 1.54) is 13.8 Å². The molecule has 5 aliphatic rings. The van der Waals surface area contributed by atoms with Crippen molar-refractivity contribution in [2.75, 3.05) is 33.0 Å². The molecule has 0 unspecified atom stereocenters. The van der Waals surface area contributed by atoms with E-state index in [0.29, 0.717) is 0 Å². The second-order valence-corrected chi connectivity index (χ2v) is 17.2. The Bertz CT molecular complexity index is 1540. The van der Waals surface area contributed by atoms with Crippen molar-refractivity contribution in [3.8, 4) is 0 Å². The Labute approximate surface area is 386 Å². The van der Waals surface area contributed by atoms with E-state index in [2.05, 4.69) is 5.32 Å². The van der Waals surface area contributed by atoms with Gasteiger partial charge in [-0.05, 0) is 13.8 Å². The summed E-state index contributed by atoms with van der Waals surface area (Å²) in [5.74, 6) is -0.891. The lowest BCUT2D eigenvalue weighted by Gasteiger charge is -2.51. The van der Waals surface area contributed by atoms with Gasteiger partial charge in [0.2, 0.25) is 5.91 Å². The summed E-state index contributed by atoms with van der Waals surface area (Å²) in [4.78, 5) is 12.9. The average Bonchev–Trinajstić information content (AvgIpc) is 3.31. The molecule has 0 aromatic heterocycles. The van der Waals surface area contributed by atoms with Gasteiger partial charge < -0.3 is 145 Å². The van der Waals surface area contributed by atoms with Crippen molar-refractivity contribution in [3.05, 3.63) is 0 Å². The molecule has 0 bridgehead atoms. The van der Waals surface area contributed by atoms with Crippen molar-refractivity contribution >= 4 is 5.91 Å². The molecular formula is C38H67NO29. The normalized spacial score (nSPS) is 47.8. The fourth-order valence-corrected chi connectivity index (χ4v) is 8.39. The van der Waals surface area contributed by atoms with E-state index in [-0.39, 0.29) is 0 Å². The first kappa shape index (κ1) is 57.3. The number of hydrogen-bond donors (Lipinski definition) is 19. The highest BCUT2D eigenvalue weighted by Crippen LogP contribution is 2.37. The van der Waals surface area contributed by atoms with E-state index >= 15 is 0 Å². The van der Waals surface area contributed by atoms with E-state index in [1.807, 2.05) is 0 Å². The van der Waals surface area contributed by atoms with Crippen LogP contribution in [-0.2, 0) is 52.2 Å². The molecule has 0 aromatic carbocycles. The number of ether oxygens (including phenoxy) is 10. The standard InChI is InChI=1S/C38H67NO29/c1-9-18(48)22(52)25(55)35(59-9)64-29(12(46)4-40)30(13(47)5-41)65-38-28(58)33(21(51)15(7-43)62-38)68-34-17(39-11(3)45)32(67-37-27(57)24(54)20(50)14(6-42)61-37)31(16(8-44)63-34)66-36-26(56)23(53)19(49)10(2)60-36/h9-10,12-38,40-44,46-58H,4-8H2,1-3H3,(H,39,45)/t9-,10-,12-,13+,14+,15+,16+,17+,18+,19+,20-,21-,22+,23+,24-,25-,26-,27+,28+,29+,30+,31+,32+,33-,34-,35-,36-,37-,38-/m0/s1. The number of carbonyl (C=O) groups is 1. The predicted octanol–water partition coefficient (Wildman–Crippen LogP) is -12.3. The molecule has 5 aliphatic heterocycles. The number of aliphatic hydroxyl groups excluding tert-OH is 18. The van der Waals surface area contributed by atoms with Gasteiger partial charge in [0.15, 0.2) is 31.5 Å². The van der Waals surface area contributed by atoms with Crippen LogP contribution in [0, 0.1) is 0 Å². The Kier molecular flexibility index (Phi) is 20.9. The molecule has 0 radical (unpaired) electrons. The molecule has 29 atom stereocenters. The Morgan fingerprint density at radius 2 is 0.838 bits per heavy atom. The second-order valence-electron chi connectivity index (χ2n) is 17.2. The smallest absolute Gasteiger partial charge is 0.217 e. The first-order valence-electron chi connectivity index (χ1n) is 21.8. The molecular weight excluding hydrogens is 934 g/mol. The van der Waals surface area contributed by atoms with Crippen molar-refractivity contribution in [3.63, 3.8) is 0 Å². The molecule has 1 amide bonds. The molecule has 5 saturated heterocycles. The summed E-state index contributed by atoms with van der Waals surface area (Å²) in [7, 11) is 0. The van der Waals surface area contributed by atoms with Crippen molar-refractivity contribution < 1.29 is 144 Å². The molecule has 0 aliphatic carbocycles. The first-order valence-corrected chi connectivity index (χ1v) is 21.8. The summed E-state index contributed by atoms with van der Waals surface area (Å²) in [6.45, 7) is -1.81. The minimum Gasteiger partial charge on any atom is -0.394 e. The molecule has 5 heterocycles. The van der Waals surface area contributed by atoms with Gasteiger partial charge in [-0.25, -0.2) is 0 Å². The lowest BCUT2D eigenvalue weighted by molar-refractivity contribution is -0.389. The molecule has 0 aromatic rings. The number of hydrogen-bond acceptors (Lipinski definition) is 29. The van der Waals surface area contributed by atoms with Crippen LogP contribution in [0.4, 0.5) is 0 Å². The van der Waals surface area contributed by atoms with Crippen molar-refractivity contribution in [1.82, 2.24) is 5.32 Å². The Morgan fingerprint density at radius 1 is 0.456 bits per heavy atom.